The summed E-state index contributed by atoms with van der Waals surface area (Å²) in [5.41, 5.74) is 5.92. The predicted molar refractivity (Wildman–Crippen MR) is 176 cm³/mol. The Bertz CT molecular complexity index is 1360. The van der Waals surface area contributed by atoms with Gasteiger partial charge in [-0.15, -0.1) is 0 Å². The van der Waals surface area contributed by atoms with Gasteiger partial charge in [0, 0.05) is 25.6 Å². The normalized spacial score (nSPS) is 17.0. The molecule has 0 radical (unpaired) electrons. The van der Waals surface area contributed by atoms with E-state index >= 15 is 0 Å². The number of ether oxygens (including phenoxy) is 3. The summed E-state index contributed by atoms with van der Waals surface area (Å²) < 4.78 is 30.9. The SMILES string of the molecule is COC(=O)[C@@H](NC(=O)[C@](N)(C(=O)C1([P+](=O)C(CN(C(=O)OCc2ccccc2)c2ccccc2)OC)CCCC1)C(C)C)C(C)C. The third-order valence-electron chi connectivity index (χ3n) is 8.71. The van der Waals surface area contributed by atoms with Crippen molar-refractivity contribution >= 4 is 37.2 Å². The van der Waals surface area contributed by atoms with Gasteiger partial charge in [0.1, 0.15) is 19.2 Å². The molecule has 1 saturated carbocycles. The predicted octanol–water partition coefficient (Wildman–Crippen LogP) is 5.18. The highest BCUT2D eigenvalue weighted by Crippen LogP contribution is 2.56. The largest absolute Gasteiger partial charge is 0.467 e. The number of benzene rings is 2. The van der Waals surface area contributed by atoms with Crippen LogP contribution in [-0.4, -0.2) is 67.1 Å². The van der Waals surface area contributed by atoms with Crippen molar-refractivity contribution in [3.8, 4) is 0 Å². The van der Waals surface area contributed by atoms with Gasteiger partial charge in [-0.2, -0.15) is 0 Å². The second-order valence-electron chi connectivity index (χ2n) is 12.3. The number of hydrogen-bond donors (Lipinski definition) is 2. The molecule has 0 bridgehead atoms. The molecule has 2 unspecified atom stereocenters. The summed E-state index contributed by atoms with van der Waals surface area (Å²) in [4.78, 5) is 55.7. The van der Waals surface area contributed by atoms with Crippen LogP contribution >= 0.6 is 7.80 Å². The monoisotopic (exact) mass is 656 g/mol. The third kappa shape index (κ3) is 8.00. The molecule has 1 fully saturated rings. The molecule has 250 valence electrons. The fourth-order valence-corrected chi connectivity index (χ4v) is 7.97. The number of nitrogens with two attached hydrogens (primary N) is 1. The molecule has 2 aromatic rings. The topological polar surface area (TPSA) is 154 Å². The fraction of sp³-hybridized carbons (Fsp3) is 0.529. The summed E-state index contributed by atoms with van der Waals surface area (Å²) in [7, 11) is 0.0330. The van der Waals surface area contributed by atoms with Crippen molar-refractivity contribution in [3.05, 3.63) is 66.2 Å². The second-order valence-corrected chi connectivity index (χ2v) is 14.4. The van der Waals surface area contributed by atoms with Gasteiger partial charge in [0.05, 0.1) is 7.11 Å². The molecule has 1 aliphatic rings. The van der Waals surface area contributed by atoms with E-state index in [1.807, 2.05) is 30.3 Å². The maximum atomic E-state index is 14.6. The quantitative estimate of drug-likeness (QED) is 0.150. The van der Waals surface area contributed by atoms with Gasteiger partial charge >= 0.3 is 19.9 Å². The van der Waals surface area contributed by atoms with E-state index in [2.05, 4.69) is 5.32 Å². The van der Waals surface area contributed by atoms with Crippen molar-refractivity contribution in [2.24, 2.45) is 17.6 Å². The Hall–Kier alpha value is -3.66. The van der Waals surface area contributed by atoms with E-state index in [-0.39, 0.29) is 31.9 Å². The van der Waals surface area contributed by atoms with Crippen molar-refractivity contribution in [2.45, 2.75) is 82.6 Å². The van der Waals surface area contributed by atoms with Crippen LogP contribution in [0.15, 0.2) is 60.7 Å². The Balaban J connectivity index is 1.95. The molecule has 11 nitrogen and oxygen atoms in total. The first-order valence-electron chi connectivity index (χ1n) is 15.6. The number of ketones is 1. The minimum absolute atomic E-state index is 0.0252. The molecule has 1 aliphatic carbocycles. The van der Waals surface area contributed by atoms with Crippen LogP contribution in [0.1, 0.15) is 58.9 Å². The lowest BCUT2D eigenvalue weighted by atomic mass is 9.76. The molecule has 3 rings (SSSR count). The van der Waals surface area contributed by atoms with Gasteiger partial charge in [-0.1, -0.05) is 80.8 Å². The molecule has 0 spiro atoms. The van der Waals surface area contributed by atoms with Crippen molar-refractivity contribution in [3.63, 3.8) is 0 Å². The number of anilines is 1. The van der Waals surface area contributed by atoms with Crippen LogP contribution in [0.2, 0.25) is 0 Å². The van der Waals surface area contributed by atoms with Crippen LogP contribution in [0, 0.1) is 11.8 Å². The van der Waals surface area contributed by atoms with Gasteiger partial charge < -0.3 is 25.3 Å². The molecule has 0 saturated heterocycles. The van der Waals surface area contributed by atoms with Crippen LogP contribution < -0.4 is 16.0 Å². The van der Waals surface area contributed by atoms with Crippen LogP contribution in [0.5, 0.6) is 0 Å². The Labute approximate surface area is 272 Å². The molecule has 12 heteroatoms. The molecule has 0 aromatic heterocycles. The van der Waals surface area contributed by atoms with E-state index in [0.29, 0.717) is 18.5 Å². The number of nitrogens with zero attached hydrogens (tertiary/aromatic N) is 1. The molecule has 46 heavy (non-hydrogen) atoms. The number of Topliss-reactive ketones (excluding diaryl/α,β-unsaturated/α-hetero) is 1. The van der Waals surface area contributed by atoms with E-state index < -0.39 is 60.1 Å². The lowest BCUT2D eigenvalue weighted by Gasteiger charge is -2.36. The number of esters is 1. The summed E-state index contributed by atoms with van der Waals surface area (Å²) in [6.07, 6.45) is 0.974. The zero-order valence-electron chi connectivity index (χ0n) is 27.6. The van der Waals surface area contributed by atoms with Crippen LogP contribution in [0.4, 0.5) is 10.5 Å². The number of amides is 2. The van der Waals surface area contributed by atoms with Crippen molar-refractivity contribution in [2.75, 3.05) is 25.7 Å². The summed E-state index contributed by atoms with van der Waals surface area (Å²) >= 11 is 0. The molecule has 4 atom stereocenters. The van der Waals surface area contributed by atoms with Gasteiger partial charge in [-0.3, -0.25) is 14.5 Å². The van der Waals surface area contributed by atoms with Gasteiger partial charge in [0.2, 0.25) is 16.8 Å². The maximum absolute atomic E-state index is 14.6. The molecule has 0 heterocycles. The Morgan fingerprint density at radius 2 is 1.52 bits per heavy atom. The molecule has 2 amide bonds. The maximum Gasteiger partial charge on any atom is 0.414 e. The third-order valence-corrected chi connectivity index (χ3v) is 11.1. The van der Waals surface area contributed by atoms with Crippen molar-refractivity contribution < 1.29 is 38.0 Å². The molecule has 2 aromatic carbocycles. The van der Waals surface area contributed by atoms with E-state index in [1.54, 1.807) is 58.0 Å². The molecule has 0 aliphatic heterocycles. The number of hydrogen-bond acceptors (Lipinski definition) is 9. The highest BCUT2D eigenvalue weighted by Gasteiger charge is 2.67. The second kappa shape index (κ2) is 16.3. The minimum Gasteiger partial charge on any atom is -0.467 e. The van der Waals surface area contributed by atoms with E-state index in [1.165, 1.54) is 19.1 Å². The van der Waals surface area contributed by atoms with Gasteiger partial charge in [0.25, 0.3) is 5.85 Å². The zero-order chi connectivity index (χ0) is 34.1. The van der Waals surface area contributed by atoms with E-state index in [4.69, 9.17) is 19.9 Å². The number of carbonyl (C=O) groups is 4. The molecular weight excluding hydrogens is 609 g/mol. The number of rotatable bonds is 15. The number of methoxy groups -OCH3 is 2. The lowest BCUT2D eigenvalue weighted by Crippen LogP contribution is -2.69. The summed E-state index contributed by atoms with van der Waals surface area (Å²) in [5.74, 6) is -4.32. The molecular formula is C34H47N3O8P+. The molecule has 3 N–H and O–H groups in total. The standard InChI is InChI=1S/C34H46N3O8P/c1-23(2)28(29(38)44-6)36-31(40)34(35,24(3)4)30(39)33(19-13-14-20-33)46(42)27(43-5)21-37(26-17-11-8-12-18-26)32(41)45-22-25-15-9-7-10-16-25/h7-12,15-18,23-24,27-28H,13-14,19-22,35H2,1-6H3/p+1/t27?,28-,34+/m0/s1. The van der Waals surface area contributed by atoms with Crippen LogP contribution in [0.3, 0.4) is 0 Å². The number of nitrogens with one attached hydrogen (secondary N) is 1. The van der Waals surface area contributed by atoms with Gasteiger partial charge in [-0.05, 0) is 42.4 Å². The first kappa shape index (κ1) is 36.8. The highest BCUT2D eigenvalue weighted by atomic mass is 31.1. The summed E-state index contributed by atoms with van der Waals surface area (Å²) in [6, 6.07) is 17.0. The number of carbonyl (C=O) groups excluding carboxylic acids is 4. The van der Waals surface area contributed by atoms with Crippen molar-refractivity contribution in [1.29, 1.82) is 0 Å². The zero-order valence-corrected chi connectivity index (χ0v) is 28.5. The summed E-state index contributed by atoms with van der Waals surface area (Å²) in [6.45, 7) is 6.60. The fourth-order valence-electron chi connectivity index (χ4n) is 5.77. The number of para-hydroxylation sites is 1. The van der Waals surface area contributed by atoms with Crippen LogP contribution in [0.25, 0.3) is 0 Å². The Morgan fingerprint density at radius 3 is 2.02 bits per heavy atom. The van der Waals surface area contributed by atoms with Crippen LogP contribution in [-0.2, 0) is 39.8 Å². The first-order chi connectivity index (χ1) is 21.8. The first-order valence-corrected chi connectivity index (χ1v) is 16.9. The average Bonchev–Trinajstić information content (AvgIpc) is 3.57. The minimum atomic E-state index is -2.55. The lowest BCUT2D eigenvalue weighted by molar-refractivity contribution is -0.149. The van der Waals surface area contributed by atoms with E-state index in [9.17, 15) is 23.7 Å². The van der Waals surface area contributed by atoms with Gasteiger partial charge in [0.15, 0.2) is 5.54 Å². The smallest absolute Gasteiger partial charge is 0.414 e. The van der Waals surface area contributed by atoms with Crippen molar-refractivity contribution in [1.82, 2.24) is 5.32 Å². The van der Waals surface area contributed by atoms with Gasteiger partial charge in [-0.25, -0.2) is 9.59 Å². The Morgan fingerprint density at radius 1 is 0.957 bits per heavy atom. The van der Waals surface area contributed by atoms with E-state index in [0.717, 1.165) is 5.56 Å². The summed E-state index contributed by atoms with van der Waals surface area (Å²) in [5, 5.41) is 1.14. The highest BCUT2D eigenvalue weighted by molar-refractivity contribution is 7.48. The Kier molecular flexibility index (Phi) is 13.0. The average molecular weight is 657 g/mol.